The molecule has 0 bridgehead atoms. The van der Waals surface area contributed by atoms with E-state index in [1.54, 1.807) is 22.0 Å². The molecule has 0 saturated carbocycles. The summed E-state index contributed by atoms with van der Waals surface area (Å²) in [6, 6.07) is 19.1. The first kappa shape index (κ1) is 19.7. The molecule has 31 heavy (non-hydrogen) atoms. The lowest BCUT2D eigenvalue weighted by molar-refractivity contribution is 0.509. The summed E-state index contributed by atoms with van der Waals surface area (Å²) >= 11 is 2.97. The first-order valence-corrected chi connectivity index (χ1v) is 11.5. The van der Waals surface area contributed by atoms with Crippen LogP contribution in [0.5, 0.6) is 0 Å². The van der Waals surface area contributed by atoms with Crippen molar-refractivity contribution in [3.05, 3.63) is 87.9 Å². The van der Waals surface area contributed by atoms with E-state index in [0.717, 1.165) is 16.1 Å². The Morgan fingerprint density at radius 3 is 2.61 bits per heavy atom. The highest BCUT2D eigenvalue weighted by Gasteiger charge is 2.21. The number of hydrogen-bond acceptors (Lipinski definition) is 7. The molecule has 1 atom stereocenters. The van der Waals surface area contributed by atoms with E-state index < -0.39 is 0 Å². The van der Waals surface area contributed by atoms with Crippen molar-refractivity contribution in [2.75, 3.05) is 0 Å². The fourth-order valence-corrected chi connectivity index (χ4v) is 4.82. The van der Waals surface area contributed by atoms with E-state index in [9.17, 15) is 4.79 Å². The maximum absolute atomic E-state index is 13.4. The number of rotatable bonds is 5. The van der Waals surface area contributed by atoms with Gasteiger partial charge in [-0.2, -0.15) is 0 Å². The fraction of sp³-hybridized carbons (Fsp3) is 0.130. The van der Waals surface area contributed by atoms with Gasteiger partial charge in [0.1, 0.15) is 0 Å². The normalized spacial score (nSPS) is 12.3. The van der Waals surface area contributed by atoms with Crippen LogP contribution < -0.4 is 5.56 Å². The van der Waals surface area contributed by atoms with Gasteiger partial charge in [0.2, 0.25) is 5.89 Å². The first-order valence-electron chi connectivity index (χ1n) is 9.73. The second-order valence-electron chi connectivity index (χ2n) is 7.07. The monoisotopic (exact) mass is 446 g/mol. The highest BCUT2D eigenvalue weighted by Crippen LogP contribution is 2.35. The molecule has 6 nitrogen and oxygen atoms in total. The smallest absolute Gasteiger partial charge is 0.266 e. The summed E-state index contributed by atoms with van der Waals surface area (Å²) in [6.45, 7) is 3.99. The lowest BCUT2D eigenvalue weighted by Gasteiger charge is -2.15. The number of fused-ring (bicyclic) bond motifs is 1. The van der Waals surface area contributed by atoms with Gasteiger partial charge in [-0.15, -0.1) is 21.5 Å². The molecule has 3 aromatic heterocycles. The average Bonchev–Trinajstić information content (AvgIpc) is 3.47. The lowest BCUT2D eigenvalue weighted by atomic mass is 10.2. The summed E-state index contributed by atoms with van der Waals surface area (Å²) in [4.78, 5) is 19.1. The van der Waals surface area contributed by atoms with Gasteiger partial charge in [0.15, 0.2) is 5.16 Å². The Balaban J connectivity index is 1.58. The zero-order valence-electron chi connectivity index (χ0n) is 16.9. The third-order valence-corrected chi connectivity index (χ3v) is 6.74. The molecule has 0 spiro atoms. The summed E-state index contributed by atoms with van der Waals surface area (Å²) in [5.41, 5.74) is 2.46. The van der Waals surface area contributed by atoms with Crippen LogP contribution in [0.3, 0.4) is 0 Å². The Bertz CT molecular complexity index is 1410. The number of aromatic nitrogens is 4. The van der Waals surface area contributed by atoms with Crippen LogP contribution in [0.4, 0.5) is 0 Å². The molecule has 3 heterocycles. The topological polar surface area (TPSA) is 73.8 Å². The number of benzene rings is 2. The second-order valence-corrected chi connectivity index (χ2v) is 9.33. The number of aryl methyl sites for hydroxylation is 1. The van der Waals surface area contributed by atoms with Gasteiger partial charge in [0, 0.05) is 0 Å². The number of para-hydroxylation sites is 1. The van der Waals surface area contributed by atoms with Gasteiger partial charge in [-0.1, -0.05) is 47.7 Å². The standard InChI is InChI=1S/C23H18N4O2S2/c1-14-9-11-16(12-10-14)27-22(28)17-6-3-4-7-18(17)24-23(27)31-15(2)20-25-26-21(29-20)19-8-5-13-30-19/h3-13,15H,1-2H3. The number of thiophene rings is 1. The molecule has 5 aromatic rings. The molecule has 0 saturated heterocycles. The van der Waals surface area contributed by atoms with Crippen LogP contribution in [0.15, 0.2) is 80.4 Å². The fourth-order valence-electron chi connectivity index (χ4n) is 3.22. The SMILES string of the molecule is Cc1ccc(-n2c(SC(C)c3nnc(-c4cccs4)o3)nc3ccccc3c2=O)cc1. The second kappa shape index (κ2) is 8.13. The molecule has 0 amide bonds. The highest BCUT2D eigenvalue weighted by molar-refractivity contribution is 7.99. The molecular weight excluding hydrogens is 428 g/mol. The van der Waals surface area contributed by atoms with Gasteiger partial charge >= 0.3 is 0 Å². The van der Waals surface area contributed by atoms with Crippen molar-refractivity contribution in [2.24, 2.45) is 0 Å². The van der Waals surface area contributed by atoms with E-state index in [4.69, 9.17) is 9.40 Å². The molecule has 1 unspecified atom stereocenters. The minimum absolute atomic E-state index is 0.103. The van der Waals surface area contributed by atoms with Crippen molar-refractivity contribution in [1.82, 2.24) is 19.7 Å². The highest BCUT2D eigenvalue weighted by atomic mass is 32.2. The van der Waals surface area contributed by atoms with Gasteiger partial charge < -0.3 is 4.42 Å². The van der Waals surface area contributed by atoms with E-state index in [0.29, 0.717) is 27.8 Å². The molecule has 8 heteroatoms. The molecular formula is C23H18N4O2S2. The van der Waals surface area contributed by atoms with Gasteiger partial charge in [0.25, 0.3) is 11.4 Å². The van der Waals surface area contributed by atoms with Gasteiger partial charge in [0.05, 0.1) is 26.7 Å². The van der Waals surface area contributed by atoms with Crippen molar-refractivity contribution in [3.63, 3.8) is 0 Å². The van der Waals surface area contributed by atoms with Gasteiger partial charge in [-0.25, -0.2) is 4.98 Å². The number of nitrogens with zero attached hydrogens (tertiary/aromatic N) is 4. The minimum Gasteiger partial charge on any atom is -0.419 e. The zero-order valence-corrected chi connectivity index (χ0v) is 18.5. The molecule has 0 aliphatic carbocycles. The van der Waals surface area contributed by atoms with Crippen LogP contribution in [0.25, 0.3) is 27.4 Å². The van der Waals surface area contributed by atoms with E-state index in [1.165, 1.54) is 11.8 Å². The third-order valence-electron chi connectivity index (χ3n) is 4.84. The van der Waals surface area contributed by atoms with E-state index >= 15 is 0 Å². The van der Waals surface area contributed by atoms with Crippen molar-refractivity contribution in [1.29, 1.82) is 0 Å². The van der Waals surface area contributed by atoms with Crippen molar-refractivity contribution >= 4 is 34.0 Å². The molecule has 0 radical (unpaired) electrons. The maximum atomic E-state index is 13.4. The Morgan fingerprint density at radius 1 is 1.03 bits per heavy atom. The van der Waals surface area contributed by atoms with Crippen LogP contribution in [-0.4, -0.2) is 19.7 Å². The zero-order chi connectivity index (χ0) is 21.4. The van der Waals surface area contributed by atoms with Crippen molar-refractivity contribution < 1.29 is 4.42 Å². The van der Waals surface area contributed by atoms with Crippen LogP contribution in [0.2, 0.25) is 0 Å². The van der Waals surface area contributed by atoms with Crippen molar-refractivity contribution in [2.45, 2.75) is 24.3 Å². The predicted molar refractivity (Wildman–Crippen MR) is 124 cm³/mol. The van der Waals surface area contributed by atoms with Crippen LogP contribution in [0.1, 0.15) is 23.6 Å². The summed E-state index contributed by atoms with van der Waals surface area (Å²) in [5, 5.41) is 11.3. The molecule has 0 N–H and O–H groups in total. The lowest BCUT2D eigenvalue weighted by Crippen LogP contribution is -2.22. The summed E-state index contributed by atoms with van der Waals surface area (Å²) < 4.78 is 7.55. The first-order chi connectivity index (χ1) is 15.1. The van der Waals surface area contributed by atoms with Crippen LogP contribution in [0, 0.1) is 6.92 Å². The third kappa shape index (κ3) is 3.80. The Labute approximate surface area is 186 Å². The van der Waals surface area contributed by atoms with E-state index in [2.05, 4.69) is 10.2 Å². The molecule has 0 aliphatic rings. The number of thioether (sulfide) groups is 1. The molecule has 2 aromatic carbocycles. The maximum Gasteiger partial charge on any atom is 0.266 e. The Kier molecular flexibility index (Phi) is 5.17. The molecule has 154 valence electrons. The Morgan fingerprint density at radius 2 is 1.84 bits per heavy atom. The summed E-state index contributed by atoms with van der Waals surface area (Å²) in [5.74, 6) is 0.992. The van der Waals surface area contributed by atoms with Crippen molar-refractivity contribution in [3.8, 4) is 16.5 Å². The minimum atomic E-state index is -0.189. The largest absolute Gasteiger partial charge is 0.419 e. The molecule has 5 rings (SSSR count). The Hall–Kier alpha value is -3.23. The van der Waals surface area contributed by atoms with E-state index in [-0.39, 0.29) is 10.8 Å². The predicted octanol–water partition coefficient (Wildman–Crippen LogP) is 5.66. The van der Waals surface area contributed by atoms with Gasteiger partial charge in [-0.05, 0) is 49.6 Å². The van der Waals surface area contributed by atoms with E-state index in [1.807, 2.05) is 73.8 Å². The van der Waals surface area contributed by atoms with Gasteiger partial charge in [-0.3, -0.25) is 9.36 Å². The van der Waals surface area contributed by atoms with Crippen LogP contribution >= 0.6 is 23.1 Å². The average molecular weight is 447 g/mol. The summed E-state index contributed by atoms with van der Waals surface area (Å²) in [6.07, 6.45) is 0. The van der Waals surface area contributed by atoms with Crippen LogP contribution in [-0.2, 0) is 0 Å². The summed E-state index contributed by atoms with van der Waals surface area (Å²) in [7, 11) is 0. The quantitative estimate of drug-likeness (QED) is 0.256. The number of hydrogen-bond donors (Lipinski definition) is 0. The molecule has 0 fully saturated rings. The molecule has 0 aliphatic heterocycles.